The van der Waals surface area contributed by atoms with E-state index in [1.54, 1.807) is 22.9 Å². The van der Waals surface area contributed by atoms with Crippen molar-refractivity contribution in [3.8, 4) is 22.4 Å². The molecule has 31 heavy (non-hydrogen) atoms. The van der Waals surface area contributed by atoms with Crippen LogP contribution >= 0.6 is 0 Å². The highest BCUT2D eigenvalue weighted by Gasteiger charge is 2.14. The molecule has 5 rings (SSSR count). The first-order valence-electron chi connectivity index (χ1n) is 9.65. The van der Waals surface area contributed by atoms with E-state index in [9.17, 15) is 9.18 Å². The molecule has 0 saturated carbocycles. The number of nitrogens with zero attached hydrogens (tertiary/aromatic N) is 4. The first-order valence-corrected chi connectivity index (χ1v) is 9.65. The van der Waals surface area contributed by atoms with Gasteiger partial charge in [-0.25, -0.2) is 13.8 Å². The van der Waals surface area contributed by atoms with Crippen molar-refractivity contribution < 1.29 is 14.2 Å². The number of rotatable bonds is 6. The molecule has 2 N–H and O–H groups in total. The number of aliphatic hydroxyl groups excluding tert-OH is 1. The van der Waals surface area contributed by atoms with Gasteiger partial charge < -0.3 is 14.8 Å². The fraction of sp³-hybridized carbons (Fsp3) is 0.136. The van der Waals surface area contributed by atoms with Crippen molar-refractivity contribution in [2.24, 2.45) is 0 Å². The van der Waals surface area contributed by atoms with Crippen molar-refractivity contribution in [3.05, 3.63) is 77.2 Å². The van der Waals surface area contributed by atoms with Crippen molar-refractivity contribution in [1.29, 1.82) is 0 Å². The summed E-state index contributed by atoms with van der Waals surface area (Å²) in [6, 6.07) is 14.1. The Labute approximate surface area is 175 Å². The van der Waals surface area contributed by atoms with E-state index in [1.807, 2.05) is 24.3 Å². The molecular weight excluding hydrogens is 401 g/mol. The zero-order chi connectivity index (χ0) is 21.4. The quantitative estimate of drug-likeness (QED) is 0.413. The van der Waals surface area contributed by atoms with Gasteiger partial charge in [0.2, 0.25) is 5.78 Å². The zero-order valence-electron chi connectivity index (χ0n) is 16.3. The molecule has 0 amide bonds. The lowest BCUT2D eigenvalue weighted by atomic mass is 10.0. The topological polar surface area (TPSA) is 97.4 Å². The Hall–Kier alpha value is -3.82. The molecule has 0 unspecified atom stereocenters. The minimum absolute atomic E-state index is 0.0904. The molecule has 0 saturated heterocycles. The van der Waals surface area contributed by atoms with Crippen LogP contribution in [0.2, 0.25) is 0 Å². The van der Waals surface area contributed by atoms with Gasteiger partial charge in [0.15, 0.2) is 11.2 Å². The molecular formula is C22H18FN5O3. The van der Waals surface area contributed by atoms with Gasteiger partial charge in [-0.15, -0.1) is 0 Å². The summed E-state index contributed by atoms with van der Waals surface area (Å²) in [5.74, 6) is 0.116. The fourth-order valence-corrected chi connectivity index (χ4v) is 3.45. The standard InChI is InChI=1S/C22H18FN5O3/c23-17-7-5-15(6-8-17)14-1-3-16(4-2-14)18-11-28-21(30)19-20(26-22(28)25-18)27(12-24-19)13-31-10-9-29/h1-8,11-12,29H,9-10,13H2,(H,25,26). The van der Waals surface area contributed by atoms with Crippen molar-refractivity contribution in [2.45, 2.75) is 6.73 Å². The number of ether oxygens (including phenoxy) is 1. The lowest BCUT2D eigenvalue weighted by molar-refractivity contribution is 0.0499. The molecule has 0 aliphatic carbocycles. The van der Waals surface area contributed by atoms with Crippen molar-refractivity contribution in [3.63, 3.8) is 0 Å². The molecule has 0 atom stereocenters. The number of imidazole rings is 2. The maximum absolute atomic E-state index is 13.1. The summed E-state index contributed by atoms with van der Waals surface area (Å²) in [5.41, 5.74) is 3.84. The molecule has 0 spiro atoms. The zero-order valence-corrected chi connectivity index (χ0v) is 16.3. The summed E-state index contributed by atoms with van der Waals surface area (Å²) in [6.45, 7) is 0.229. The van der Waals surface area contributed by atoms with Crippen LogP contribution in [-0.2, 0) is 11.5 Å². The van der Waals surface area contributed by atoms with Gasteiger partial charge in [-0.3, -0.25) is 9.36 Å². The van der Waals surface area contributed by atoms with E-state index in [4.69, 9.17) is 9.84 Å². The Balaban J connectivity index is 1.50. The number of benzene rings is 2. The second-order valence-corrected chi connectivity index (χ2v) is 7.01. The van der Waals surface area contributed by atoms with E-state index in [0.717, 1.165) is 22.4 Å². The van der Waals surface area contributed by atoms with Crippen LogP contribution in [0.4, 0.5) is 4.39 Å². The van der Waals surface area contributed by atoms with E-state index in [-0.39, 0.29) is 36.8 Å². The molecule has 5 aromatic rings. The Kier molecular flexibility index (Phi) is 4.81. The number of halogens is 1. The van der Waals surface area contributed by atoms with E-state index in [1.165, 1.54) is 22.9 Å². The molecule has 0 radical (unpaired) electrons. The highest BCUT2D eigenvalue weighted by atomic mass is 19.1. The molecule has 8 nitrogen and oxygen atoms in total. The summed E-state index contributed by atoms with van der Waals surface area (Å²) in [7, 11) is 0. The average molecular weight is 419 g/mol. The number of nitrogens with one attached hydrogen (secondary N) is 1. The summed E-state index contributed by atoms with van der Waals surface area (Å²) in [5, 5.41) is 8.86. The van der Waals surface area contributed by atoms with Gasteiger partial charge in [0.25, 0.3) is 5.56 Å². The number of aromatic amines is 1. The van der Waals surface area contributed by atoms with Crippen LogP contribution in [0.1, 0.15) is 0 Å². The van der Waals surface area contributed by atoms with E-state index >= 15 is 0 Å². The van der Waals surface area contributed by atoms with Crippen LogP contribution in [0.15, 0.2) is 65.8 Å². The summed E-state index contributed by atoms with van der Waals surface area (Å²) in [6.07, 6.45) is 3.18. The third kappa shape index (κ3) is 3.49. The number of aliphatic hydroxyl groups is 1. The molecule has 0 fully saturated rings. The van der Waals surface area contributed by atoms with Gasteiger partial charge in [-0.1, -0.05) is 36.4 Å². The molecule has 9 heteroatoms. The SMILES string of the molecule is O=c1c2ncn(COCCO)c2nc2[nH]c(-c3ccc(-c4ccc(F)cc4)cc3)cn12. The van der Waals surface area contributed by atoms with Crippen LogP contribution in [0, 0.1) is 5.82 Å². The summed E-state index contributed by atoms with van der Waals surface area (Å²) >= 11 is 0. The monoisotopic (exact) mass is 419 g/mol. The molecule has 0 bridgehead atoms. The van der Waals surface area contributed by atoms with Crippen LogP contribution in [-0.4, -0.2) is 42.2 Å². The largest absolute Gasteiger partial charge is 0.394 e. The van der Waals surface area contributed by atoms with Gasteiger partial charge in [-0.2, -0.15) is 4.98 Å². The maximum atomic E-state index is 13.1. The second kappa shape index (κ2) is 7.78. The average Bonchev–Trinajstić information content (AvgIpc) is 3.40. The number of aromatic nitrogens is 5. The Bertz CT molecular complexity index is 1420. The smallest absolute Gasteiger partial charge is 0.287 e. The number of fused-ring (bicyclic) bond motifs is 2. The van der Waals surface area contributed by atoms with Crippen LogP contribution in [0.25, 0.3) is 39.3 Å². The van der Waals surface area contributed by atoms with E-state index in [2.05, 4.69) is 15.0 Å². The predicted molar refractivity (Wildman–Crippen MR) is 113 cm³/mol. The normalized spacial score (nSPS) is 11.5. The van der Waals surface area contributed by atoms with Gasteiger partial charge >= 0.3 is 0 Å². The van der Waals surface area contributed by atoms with Gasteiger partial charge in [0, 0.05) is 6.20 Å². The first kappa shape index (κ1) is 19.2. The highest BCUT2D eigenvalue weighted by Crippen LogP contribution is 2.24. The van der Waals surface area contributed by atoms with E-state index < -0.39 is 0 Å². The molecule has 156 valence electrons. The van der Waals surface area contributed by atoms with Crippen molar-refractivity contribution >= 4 is 16.9 Å². The van der Waals surface area contributed by atoms with Gasteiger partial charge in [0.05, 0.1) is 25.2 Å². The van der Waals surface area contributed by atoms with Crippen LogP contribution < -0.4 is 5.56 Å². The maximum Gasteiger partial charge on any atom is 0.287 e. The first-order chi connectivity index (χ1) is 15.1. The second-order valence-electron chi connectivity index (χ2n) is 7.01. The minimum atomic E-state index is -0.286. The molecule has 0 aliphatic heterocycles. The van der Waals surface area contributed by atoms with Crippen LogP contribution in [0.3, 0.4) is 0 Å². The summed E-state index contributed by atoms with van der Waals surface area (Å²) < 4.78 is 21.5. The van der Waals surface area contributed by atoms with Crippen molar-refractivity contribution in [2.75, 3.05) is 13.2 Å². The molecule has 0 aliphatic rings. The summed E-state index contributed by atoms with van der Waals surface area (Å²) in [4.78, 5) is 24.7. The Morgan fingerprint density at radius 1 is 1.03 bits per heavy atom. The molecule has 3 heterocycles. The Morgan fingerprint density at radius 3 is 2.42 bits per heavy atom. The number of H-pyrrole nitrogens is 1. The minimum Gasteiger partial charge on any atom is -0.394 e. The lowest BCUT2D eigenvalue weighted by Gasteiger charge is -2.03. The Morgan fingerprint density at radius 2 is 1.71 bits per heavy atom. The predicted octanol–water partition coefficient (Wildman–Crippen LogP) is 2.81. The number of hydrogen-bond acceptors (Lipinski definition) is 5. The third-order valence-corrected chi connectivity index (χ3v) is 5.02. The molecule has 2 aromatic carbocycles. The number of hydrogen-bond donors (Lipinski definition) is 2. The highest BCUT2D eigenvalue weighted by molar-refractivity contribution is 5.74. The van der Waals surface area contributed by atoms with Gasteiger partial charge in [-0.05, 0) is 28.8 Å². The van der Waals surface area contributed by atoms with Crippen LogP contribution in [0.5, 0.6) is 0 Å². The fourth-order valence-electron chi connectivity index (χ4n) is 3.45. The van der Waals surface area contributed by atoms with Gasteiger partial charge in [0.1, 0.15) is 12.5 Å². The molecule has 3 aromatic heterocycles. The van der Waals surface area contributed by atoms with E-state index in [0.29, 0.717) is 11.4 Å². The third-order valence-electron chi connectivity index (χ3n) is 5.02. The van der Waals surface area contributed by atoms with Crippen molar-refractivity contribution in [1.82, 2.24) is 23.9 Å². The lowest BCUT2D eigenvalue weighted by Crippen LogP contribution is -2.14.